The Balaban J connectivity index is 2.18. The molecule has 6 nitrogen and oxygen atoms in total. The number of nitrogens with two attached hydrogens (primary N) is 1. The number of oxime groups is 1. The number of halogens is 1. The Hall–Kier alpha value is -1.95. The van der Waals surface area contributed by atoms with Crippen molar-refractivity contribution in [3.8, 4) is 5.75 Å². The molecule has 0 unspecified atom stereocenters. The fraction of sp³-hybridized carbons (Fsp3) is 0.429. The molecule has 7 heteroatoms. The number of carbonyl (C=O) groups is 1. The van der Waals surface area contributed by atoms with E-state index in [0.29, 0.717) is 29.3 Å². The quantitative estimate of drug-likeness (QED) is 0.364. The van der Waals surface area contributed by atoms with Crippen molar-refractivity contribution in [2.75, 3.05) is 13.7 Å². The molecule has 114 valence electrons. The molecule has 0 radical (unpaired) electrons. The number of hydrogen-bond donors (Lipinski definition) is 2. The second-order valence-electron chi connectivity index (χ2n) is 4.92. The van der Waals surface area contributed by atoms with Crippen LogP contribution in [0.3, 0.4) is 0 Å². The number of nitrogens with zero attached hydrogens (tertiary/aromatic N) is 2. The third-order valence-corrected chi connectivity index (χ3v) is 3.61. The monoisotopic (exact) mass is 311 g/mol. The summed E-state index contributed by atoms with van der Waals surface area (Å²) in [4.78, 5) is 14.4. The molecular weight excluding hydrogens is 294 g/mol. The van der Waals surface area contributed by atoms with Crippen molar-refractivity contribution in [1.29, 1.82) is 0 Å². The van der Waals surface area contributed by atoms with Crippen LogP contribution in [0, 0.1) is 0 Å². The second-order valence-corrected chi connectivity index (χ2v) is 5.35. The van der Waals surface area contributed by atoms with Crippen LogP contribution in [0.5, 0.6) is 5.75 Å². The Labute approximate surface area is 128 Å². The van der Waals surface area contributed by atoms with Crippen LogP contribution in [0.4, 0.5) is 0 Å². The highest BCUT2D eigenvalue weighted by Crippen LogP contribution is 2.31. The van der Waals surface area contributed by atoms with Crippen LogP contribution in [0.1, 0.15) is 29.6 Å². The lowest BCUT2D eigenvalue weighted by molar-refractivity contribution is 0.0744. The molecule has 0 aliphatic heterocycles. The van der Waals surface area contributed by atoms with E-state index in [1.54, 1.807) is 23.1 Å². The first-order chi connectivity index (χ1) is 10.1. The van der Waals surface area contributed by atoms with Crippen LogP contribution in [0.25, 0.3) is 0 Å². The lowest BCUT2D eigenvalue weighted by atomic mass is 10.1. The van der Waals surface area contributed by atoms with Crippen LogP contribution >= 0.6 is 11.6 Å². The summed E-state index contributed by atoms with van der Waals surface area (Å²) in [5, 5.41) is 12.0. The number of carbonyl (C=O) groups excluding carboxylic acids is 1. The van der Waals surface area contributed by atoms with Crippen molar-refractivity contribution in [1.82, 2.24) is 4.90 Å². The van der Waals surface area contributed by atoms with Gasteiger partial charge in [0.25, 0.3) is 5.91 Å². The Morgan fingerprint density at radius 1 is 1.57 bits per heavy atom. The summed E-state index contributed by atoms with van der Waals surface area (Å²) < 4.78 is 5.22. The van der Waals surface area contributed by atoms with E-state index in [-0.39, 0.29) is 17.8 Å². The number of amides is 1. The highest BCUT2D eigenvalue weighted by molar-refractivity contribution is 6.30. The summed E-state index contributed by atoms with van der Waals surface area (Å²) in [6.07, 6.45) is 2.27. The Bertz CT molecular complexity index is 558. The molecule has 0 atom stereocenters. The van der Waals surface area contributed by atoms with Gasteiger partial charge in [0, 0.05) is 24.0 Å². The first-order valence-corrected chi connectivity index (χ1v) is 7.05. The molecule has 0 saturated heterocycles. The maximum atomic E-state index is 12.7. The van der Waals surface area contributed by atoms with E-state index >= 15 is 0 Å². The molecule has 2 rings (SSSR count). The maximum Gasteiger partial charge on any atom is 0.257 e. The van der Waals surface area contributed by atoms with E-state index in [0.717, 1.165) is 12.8 Å². The zero-order valence-electron chi connectivity index (χ0n) is 11.8. The number of methoxy groups -OCH3 is 1. The summed E-state index contributed by atoms with van der Waals surface area (Å²) in [5.41, 5.74) is 5.94. The van der Waals surface area contributed by atoms with Crippen molar-refractivity contribution < 1.29 is 14.7 Å². The van der Waals surface area contributed by atoms with E-state index in [2.05, 4.69) is 5.16 Å². The topological polar surface area (TPSA) is 88.2 Å². The van der Waals surface area contributed by atoms with Gasteiger partial charge >= 0.3 is 0 Å². The summed E-state index contributed by atoms with van der Waals surface area (Å²) in [6, 6.07) is 5.14. The molecule has 3 N–H and O–H groups in total. The zero-order valence-corrected chi connectivity index (χ0v) is 12.5. The first-order valence-electron chi connectivity index (χ1n) is 6.67. The standard InChI is InChI=1S/C14H18ClN3O3/c1-21-12-8-9(15)2-5-11(12)14(19)18(10-3-4-10)7-6-13(16)17-20/h2,5,8,10,20H,3-4,6-7H2,1H3,(H2,16,17). The van der Waals surface area contributed by atoms with E-state index < -0.39 is 0 Å². The molecule has 1 aromatic carbocycles. The average molecular weight is 312 g/mol. The van der Waals surface area contributed by atoms with Gasteiger partial charge in [0.1, 0.15) is 11.6 Å². The predicted octanol–water partition coefficient (Wildman–Crippen LogP) is 2.09. The van der Waals surface area contributed by atoms with Crippen LogP contribution < -0.4 is 10.5 Å². The van der Waals surface area contributed by atoms with Gasteiger partial charge in [-0.15, -0.1) is 0 Å². The van der Waals surface area contributed by atoms with Crippen molar-refractivity contribution >= 4 is 23.3 Å². The highest BCUT2D eigenvalue weighted by atomic mass is 35.5. The van der Waals surface area contributed by atoms with Crippen molar-refractivity contribution in [2.24, 2.45) is 10.9 Å². The normalized spacial score (nSPS) is 14.9. The van der Waals surface area contributed by atoms with Gasteiger partial charge in [0.15, 0.2) is 0 Å². The Kier molecular flexibility index (Phi) is 4.90. The van der Waals surface area contributed by atoms with E-state index in [9.17, 15) is 4.79 Å². The van der Waals surface area contributed by atoms with Gasteiger partial charge in [0.2, 0.25) is 0 Å². The van der Waals surface area contributed by atoms with Gasteiger partial charge < -0.3 is 20.6 Å². The number of rotatable bonds is 6. The lowest BCUT2D eigenvalue weighted by Crippen LogP contribution is -2.36. The minimum absolute atomic E-state index is 0.108. The minimum Gasteiger partial charge on any atom is -0.496 e. The largest absolute Gasteiger partial charge is 0.496 e. The molecule has 0 heterocycles. The molecule has 1 saturated carbocycles. The van der Waals surface area contributed by atoms with Gasteiger partial charge in [0.05, 0.1) is 12.7 Å². The van der Waals surface area contributed by atoms with Gasteiger partial charge in [-0.3, -0.25) is 4.79 Å². The number of benzene rings is 1. The van der Waals surface area contributed by atoms with Gasteiger partial charge in [-0.05, 0) is 31.0 Å². The summed E-state index contributed by atoms with van der Waals surface area (Å²) >= 11 is 5.91. The molecule has 0 aromatic heterocycles. The SMILES string of the molecule is COc1cc(Cl)ccc1C(=O)N(CCC(N)=NO)C1CC1. The maximum absolute atomic E-state index is 12.7. The molecule has 0 bridgehead atoms. The average Bonchev–Trinajstić information content (AvgIpc) is 3.31. The lowest BCUT2D eigenvalue weighted by Gasteiger charge is -2.23. The van der Waals surface area contributed by atoms with Crippen molar-refractivity contribution in [3.05, 3.63) is 28.8 Å². The highest BCUT2D eigenvalue weighted by Gasteiger charge is 2.33. The Morgan fingerprint density at radius 3 is 2.86 bits per heavy atom. The third-order valence-electron chi connectivity index (χ3n) is 3.38. The fourth-order valence-corrected chi connectivity index (χ4v) is 2.28. The molecule has 1 amide bonds. The molecule has 1 fully saturated rings. The van der Waals surface area contributed by atoms with E-state index in [1.165, 1.54) is 7.11 Å². The minimum atomic E-state index is -0.128. The summed E-state index contributed by atoms with van der Waals surface area (Å²) in [5.74, 6) is 0.426. The number of amidine groups is 1. The number of hydrogen-bond acceptors (Lipinski definition) is 4. The third kappa shape index (κ3) is 3.78. The molecule has 21 heavy (non-hydrogen) atoms. The zero-order chi connectivity index (χ0) is 15.4. The van der Waals surface area contributed by atoms with Gasteiger partial charge in [-0.1, -0.05) is 16.8 Å². The van der Waals surface area contributed by atoms with Crippen LogP contribution in [-0.4, -0.2) is 41.5 Å². The fourth-order valence-electron chi connectivity index (χ4n) is 2.12. The van der Waals surface area contributed by atoms with Gasteiger partial charge in [-0.2, -0.15) is 0 Å². The van der Waals surface area contributed by atoms with E-state index in [1.807, 2.05) is 0 Å². The van der Waals surface area contributed by atoms with E-state index in [4.69, 9.17) is 27.3 Å². The van der Waals surface area contributed by atoms with Crippen molar-refractivity contribution in [3.63, 3.8) is 0 Å². The molecule has 1 aliphatic rings. The number of ether oxygens (including phenoxy) is 1. The van der Waals surface area contributed by atoms with Crippen LogP contribution in [-0.2, 0) is 0 Å². The Morgan fingerprint density at radius 2 is 2.29 bits per heavy atom. The summed E-state index contributed by atoms with van der Waals surface area (Å²) in [7, 11) is 1.50. The predicted molar refractivity (Wildman–Crippen MR) is 80.1 cm³/mol. The van der Waals surface area contributed by atoms with Crippen molar-refractivity contribution in [2.45, 2.75) is 25.3 Å². The molecule has 1 aliphatic carbocycles. The molecule has 0 spiro atoms. The smallest absolute Gasteiger partial charge is 0.257 e. The van der Waals surface area contributed by atoms with Crippen LogP contribution in [0.15, 0.2) is 23.4 Å². The summed E-state index contributed by atoms with van der Waals surface area (Å²) in [6.45, 7) is 0.408. The van der Waals surface area contributed by atoms with Crippen LogP contribution in [0.2, 0.25) is 5.02 Å². The molecular formula is C14H18ClN3O3. The second kappa shape index (κ2) is 6.67. The first kappa shape index (κ1) is 15.4. The van der Waals surface area contributed by atoms with Gasteiger partial charge in [-0.25, -0.2) is 0 Å². The molecule has 1 aromatic rings.